The van der Waals surface area contributed by atoms with Crippen molar-refractivity contribution in [2.45, 2.75) is 20.8 Å². The first kappa shape index (κ1) is 13.1. The van der Waals surface area contributed by atoms with Gasteiger partial charge in [-0.25, -0.2) is 4.98 Å². The number of thiazole rings is 1. The molecule has 2 rings (SSSR count). The van der Waals surface area contributed by atoms with Crippen molar-refractivity contribution in [2.75, 3.05) is 5.43 Å². The van der Waals surface area contributed by atoms with Crippen LogP contribution in [-0.4, -0.2) is 10.7 Å². The predicted octanol–water partition coefficient (Wildman–Crippen LogP) is 4.58. The number of aromatic nitrogens is 1. The summed E-state index contributed by atoms with van der Waals surface area (Å²) in [5, 5.41) is 5.64. The monoisotopic (exact) mass is 279 g/mol. The maximum atomic E-state index is 6.18. The lowest BCUT2D eigenvalue weighted by atomic mass is 10.1. The van der Waals surface area contributed by atoms with Crippen molar-refractivity contribution in [2.24, 2.45) is 5.10 Å². The van der Waals surface area contributed by atoms with Crippen LogP contribution in [0.5, 0.6) is 0 Å². The second-order valence-electron chi connectivity index (χ2n) is 4.07. The summed E-state index contributed by atoms with van der Waals surface area (Å²) in [6, 6.07) is 7.72. The summed E-state index contributed by atoms with van der Waals surface area (Å²) >= 11 is 7.76. The first-order valence-electron chi connectivity index (χ1n) is 5.57. The van der Waals surface area contributed by atoms with Gasteiger partial charge in [0, 0.05) is 21.2 Å². The van der Waals surface area contributed by atoms with E-state index in [1.165, 1.54) is 0 Å². The standard InChI is InChI=1S/C13H14ClN3S/c1-8(2)16-17-13-15-12(9(3)18-13)10-6-4-5-7-11(10)14/h4-7H,1-3H3,(H,15,17). The summed E-state index contributed by atoms with van der Waals surface area (Å²) in [5.41, 5.74) is 5.78. The Hall–Kier alpha value is -1.39. The van der Waals surface area contributed by atoms with Gasteiger partial charge >= 0.3 is 0 Å². The van der Waals surface area contributed by atoms with Crippen LogP contribution < -0.4 is 5.43 Å². The predicted molar refractivity (Wildman–Crippen MR) is 79.7 cm³/mol. The average molecular weight is 280 g/mol. The van der Waals surface area contributed by atoms with Gasteiger partial charge in [0.2, 0.25) is 5.13 Å². The molecule has 3 nitrogen and oxygen atoms in total. The molecule has 94 valence electrons. The van der Waals surface area contributed by atoms with Crippen molar-refractivity contribution in [1.29, 1.82) is 0 Å². The third-order valence-electron chi connectivity index (χ3n) is 2.30. The fourth-order valence-corrected chi connectivity index (χ4v) is 2.50. The van der Waals surface area contributed by atoms with Crippen molar-refractivity contribution in [3.8, 4) is 11.3 Å². The lowest BCUT2D eigenvalue weighted by Crippen LogP contribution is -1.92. The smallest absolute Gasteiger partial charge is 0.204 e. The molecule has 0 bridgehead atoms. The number of benzene rings is 1. The molecule has 1 N–H and O–H groups in total. The Bertz CT molecular complexity index is 586. The van der Waals surface area contributed by atoms with Crippen LogP contribution in [0, 0.1) is 6.92 Å². The molecular formula is C13H14ClN3S. The van der Waals surface area contributed by atoms with Gasteiger partial charge in [-0.05, 0) is 26.8 Å². The normalized spacial score (nSPS) is 10.2. The molecule has 0 atom stereocenters. The minimum atomic E-state index is 0.715. The van der Waals surface area contributed by atoms with Gasteiger partial charge in [0.1, 0.15) is 0 Å². The molecule has 0 fully saturated rings. The number of anilines is 1. The molecule has 0 amide bonds. The topological polar surface area (TPSA) is 37.3 Å². The fraction of sp³-hybridized carbons (Fsp3) is 0.231. The number of nitrogens with one attached hydrogen (secondary N) is 1. The zero-order valence-electron chi connectivity index (χ0n) is 10.5. The first-order chi connectivity index (χ1) is 8.58. The highest BCUT2D eigenvalue weighted by Gasteiger charge is 2.11. The lowest BCUT2D eigenvalue weighted by Gasteiger charge is -2.00. The van der Waals surface area contributed by atoms with Crippen LogP contribution in [-0.2, 0) is 0 Å². The molecule has 0 saturated carbocycles. The highest BCUT2D eigenvalue weighted by Crippen LogP contribution is 2.34. The number of halogens is 1. The summed E-state index contributed by atoms with van der Waals surface area (Å²) in [6.45, 7) is 5.90. The Morgan fingerprint density at radius 3 is 2.72 bits per heavy atom. The second kappa shape index (κ2) is 5.50. The molecule has 0 spiro atoms. The molecule has 2 aromatic rings. The summed E-state index contributed by atoms with van der Waals surface area (Å²) in [4.78, 5) is 5.65. The highest BCUT2D eigenvalue weighted by molar-refractivity contribution is 7.16. The van der Waals surface area contributed by atoms with E-state index in [0.717, 1.165) is 27.0 Å². The summed E-state index contributed by atoms with van der Waals surface area (Å²) < 4.78 is 0. The minimum Gasteiger partial charge on any atom is -0.253 e. The van der Waals surface area contributed by atoms with E-state index in [2.05, 4.69) is 15.5 Å². The van der Waals surface area contributed by atoms with Crippen molar-refractivity contribution >= 4 is 33.8 Å². The zero-order chi connectivity index (χ0) is 13.1. The van der Waals surface area contributed by atoms with Gasteiger partial charge in [-0.3, -0.25) is 5.43 Å². The Labute approximate surface area is 116 Å². The van der Waals surface area contributed by atoms with E-state index in [0.29, 0.717) is 5.02 Å². The molecule has 0 radical (unpaired) electrons. The van der Waals surface area contributed by atoms with E-state index in [1.807, 2.05) is 45.0 Å². The molecule has 0 saturated heterocycles. The summed E-state index contributed by atoms with van der Waals surface area (Å²) in [6.07, 6.45) is 0. The van der Waals surface area contributed by atoms with Crippen LogP contribution in [0.25, 0.3) is 11.3 Å². The SMILES string of the molecule is CC(C)=NNc1nc(-c2ccccc2Cl)c(C)s1. The van der Waals surface area contributed by atoms with Crippen LogP contribution in [0.3, 0.4) is 0 Å². The molecule has 1 heterocycles. The quantitative estimate of drug-likeness (QED) is 0.659. The Kier molecular flexibility index (Phi) is 3.99. The number of hydrazone groups is 1. The van der Waals surface area contributed by atoms with Crippen LogP contribution in [0.2, 0.25) is 5.02 Å². The van der Waals surface area contributed by atoms with E-state index < -0.39 is 0 Å². The van der Waals surface area contributed by atoms with Gasteiger partial charge < -0.3 is 0 Å². The van der Waals surface area contributed by atoms with Crippen molar-refractivity contribution in [1.82, 2.24) is 4.98 Å². The molecule has 0 aliphatic heterocycles. The van der Waals surface area contributed by atoms with E-state index in [-0.39, 0.29) is 0 Å². The number of nitrogens with zero attached hydrogens (tertiary/aromatic N) is 2. The maximum absolute atomic E-state index is 6.18. The molecule has 1 aromatic heterocycles. The van der Waals surface area contributed by atoms with Gasteiger partial charge in [-0.1, -0.05) is 29.8 Å². The molecule has 0 unspecified atom stereocenters. The van der Waals surface area contributed by atoms with Crippen molar-refractivity contribution in [3.63, 3.8) is 0 Å². The number of aryl methyl sites for hydroxylation is 1. The van der Waals surface area contributed by atoms with E-state index in [1.54, 1.807) is 11.3 Å². The number of rotatable bonds is 3. The summed E-state index contributed by atoms with van der Waals surface area (Å²) in [7, 11) is 0. The van der Waals surface area contributed by atoms with Crippen molar-refractivity contribution < 1.29 is 0 Å². The molecule has 0 aliphatic carbocycles. The molecule has 5 heteroatoms. The maximum Gasteiger partial charge on any atom is 0.204 e. The Balaban J connectivity index is 2.36. The second-order valence-corrected chi connectivity index (χ2v) is 5.68. The number of hydrogen-bond acceptors (Lipinski definition) is 4. The molecule has 0 aliphatic rings. The van der Waals surface area contributed by atoms with E-state index >= 15 is 0 Å². The van der Waals surface area contributed by atoms with Crippen LogP contribution >= 0.6 is 22.9 Å². The van der Waals surface area contributed by atoms with Crippen molar-refractivity contribution in [3.05, 3.63) is 34.2 Å². The molecule has 18 heavy (non-hydrogen) atoms. The van der Waals surface area contributed by atoms with Crippen LogP contribution in [0.15, 0.2) is 29.4 Å². The first-order valence-corrected chi connectivity index (χ1v) is 6.76. The van der Waals surface area contributed by atoms with E-state index in [4.69, 9.17) is 11.6 Å². The third kappa shape index (κ3) is 2.89. The zero-order valence-corrected chi connectivity index (χ0v) is 12.1. The lowest BCUT2D eigenvalue weighted by molar-refractivity contribution is 1.26. The molecule has 1 aromatic carbocycles. The average Bonchev–Trinajstić information content (AvgIpc) is 2.69. The number of hydrogen-bond donors (Lipinski definition) is 1. The summed E-state index contributed by atoms with van der Waals surface area (Å²) in [5.74, 6) is 0. The highest BCUT2D eigenvalue weighted by atomic mass is 35.5. The van der Waals surface area contributed by atoms with Gasteiger partial charge in [-0.2, -0.15) is 5.10 Å². The fourth-order valence-electron chi connectivity index (χ4n) is 1.51. The van der Waals surface area contributed by atoms with E-state index in [9.17, 15) is 0 Å². The largest absolute Gasteiger partial charge is 0.253 e. The Morgan fingerprint density at radius 2 is 2.06 bits per heavy atom. The third-order valence-corrected chi connectivity index (χ3v) is 3.51. The van der Waals surface area contributed by atoms with Gasteiger partial charge in [0.25, 0.3) is 0 Å². The van der Waals surface area contributed by atoms with Gasteiger partial charge in [0.05, 0.1) is 5.69 Å². The van der Waals surface area contributed by atoms with Gasteiger partial charge in [0.15, 0.2) is 0 Å². The van der Waals surface area contributed by atoms with Crippen LogP contribution in [0.1, 0.15) is 18.7 Å². The minimum absolute atomic E-state index is 0.715. The van der Waals surface area contributed by atoms with Gasteiger partial charge in [-0.15, -0.1) is 11.3 Å². The molecular weight excluding hydrogens is 266 g/mol. The van der Waals surface area contributed by atoms with Crippen LogP contribution in [0.4, 0.5) is 5.13 Å². The Morgan fingerprint density at radius 1 is 1.33 bits per heavy atom.